The van der Waals surface area contributed by atoms with E-state index in [0.29, 0.717) is 0 Å². The average Bonchev–Trinajstić information content (AvgIpc) is 2.75. The van der Waals surface area contributed by atoms with Crippen LogP contribution in [0.5, 0.6) is 0 Å². The lowest BCUT2D eigenvalue weighted by atomic mass is 10.1. The zero-order chi connectivity index (χ0) is 11.7. The highest BCUT2D eigenvalue weighted by atomic mass is 15.1. The van der Waals surface area contributed by atoms with Crippen LogP contribution in [0.4, 0.5) is 0 Å². The molecule has 1 N–H and O–H groups in total. The van der Waals surface area contributed by atoms with Crippen LogP contribution in [0.25, 0.3) is 6.08 Å². The molecule has 0 amide bonds. The first-order valence-corrected chi connectivity index (χ1v) is 5.58. The summed E-state index contributed by atoms with van der Waals surface area (Å²) in [6.07, 6.45) is 7.95. The van der Waals surface area contributed by atoms with Gasteiger partial charge in [0.1, 0.15) is 0 Å². The minimum atomic E-state index is 0.942. The van der Waals surface area contributed by atoms with E-state index >= 15 is 0 Å². The van der Waals surface area contributed by atoms with Crippen molar-refractivity contribution in [1.82, 2.24) is 10.2 Å². The molecule has 0 aliphatic heterocycles. The third-order valence-electron chi connectivity index (χ3n) is 2.18. The van der Waals surface area contributed by atoms with Gasteiger partial charge in [0, 0.05) is 5.56 Å². The van der Waals surface area contributed by atoms with Crippen molar-refractivity contribution in [3.05, 3.63) is 35.7 Å². The van der Waals surface area contributed by atoms with Gasteiger partial charge in [-0.05, 0) is 25.8 Å². The summed E-state index contributed by atoms with van der Waals surface area (Å²) in [5.74, 6) is 0. The smallest absolute Gasteiger partial charge is 0.0607 e. The van der Waals surface area contributed by atoms with Gasteiger partial charge in [0.2, 0.25) is 0 Å². The molecule has 2 nitrogen and oxygen atoms in total. The van der Waals surface area contributed by atoms with E-state index in [1.54, 1.807) is 6.08 Å². The number of nitrogens with zero attached hydrogens (tertiary/aromatic N) is 1. The van der Waals surface area contributed by atoms with Crippen LogP contribution < -0.4 is 0 Å². The van der Waals surface area contributed by atoms with Gasteiger partial charge in [-0.2, -0.15) is 5.10 Å². The molecule has 1 rings (SSSR count). The van der Waals surface area contributed by atoms with Crippen molar-refractivity contribution in [1.29, 1.82) is 0 Å². The first kappa shape index (κ1) is 13.7. The summed E-state index contributed by atoms with van der Waals surface area (Å²) >= 11 is 0. The molecule has 0 aromatic carbocycles. The minimum Gasteiger partial charge on any atom is -0.278 e. The maximum Gasteiger partial charge on any atom is 0.0607 e. The number of hydrogen-bond donors (Lipinski definition) is 1. The fraction of sp³-hybridized carbons (Fsp3) is 0.462. The van der Waals surface area contributed by atoms with Gasteiger partial charge < -0.3 is 0 Å². The van der Waals surface area contributed by atoms with Crippen LogP contribution in [-0.4, -0.2) is 10.2 Å². The molecule has 1 aromatic heterocycles. The van der Waals surface area contributed by atoms with Crippen LogP contribution in [0.15, 0.2) is 24.4 Å². The second-order valence-corrected chi connectivity index (χ2v) is 3.12. The molecule has 84 valence electrons. The largest absolute Gasteiger partial charge is 0.278 e. The van der Waals surface area contributed by atoms with Crippen LogP contribution in [0.1, 0.15) is 45.4 Å². The van der Waals surface area contributed by atoms with Gasteiger partial charge in [-0.15, -0.1) is 0 Å². The van der Waals surface area contributed by atoms with Crippen LogP contribution in [-0.2, 0) is 6.42 Å². The summed E-state index contributed by atoms with van der Waals surface area (Å²) < 4.78 is 0. The molecule has 0 radical (unpaired) electrons. The number of H-pyrrole nitrogens is 1. The first-order chi connectivity index (χ1) is 7.27. The Kier molecular flexibility index (Phi) is 7.33. The zero-order valence-electron chi connectivity index (χ0n) is 10.3. The average molecular weight is 206 g/mol. The summed E-state index contributed by atoms with van der Waals surface area (Å²) in [6, 6.07) is 0. The fourth-order valence-corrected chi connectivity index (χ4v) is 1.09. The Morgan fingerprint density at radius 1 is 1.53 bits per heavy atom. The third kappa shape index (κ3) is 4.63. The molecule has 0 bridgehead atoms. The van der Waals surface area contributed by atoms with Crippen LogP contribution >= 0.6 is 0 Å². The van der Waals surface area contributed by atoms with E-state index in [-0.39, 0.29) is 0 Å². The zero-order valence-corrected chi connectivity index (χ0v) is 10.3. The number of aromatic amines is 1. The lowest BCUT2D eigenvalue weighted by Gasteiger charge is -1.96. The van der Waals surface area contributed by atoms with Crippen molar-refractivity contribution in [2.45, 2.75) is 40.5 Å². The molecule has 2 heteroatoms. The molecule has 1 heterocycles. The molecule has 0 saturated heterocycles. The lowest BCUT2D eigenvalue weighted by molar-refractivity contribution is 1.07. The van der Waals surface area contributed by atoms with E-state index in [2.05, 4.69) is 36.7 Å². The van der Waals surface area contributed by atoms with Gasteiger partial charge in [-0.25, -0.2) is 0 Å². The van der Waals surface area contributed by atoms with Gasteiger partial charge >= 0.3 is 0 Å². The van der Waals surface area contributed by atoms with E-state index in [0.717, 1.165) is 18.5 Å². The van der Waals surface area contributed by atoms with Crippen molar-refractivity contribution in [2.75, 3.05) is 0 Å². The summed E-state index contributed by atoms with van der Waals surface area (Å²) in [5, 5.41) is 6.87. The Balaban J connectivity index is 0.000000921. The fourth-order valence-electron chi connectivity index (χ4n) is 1.09. The van der Waals surface area contributed by atoms with Gasteiger partial charge in [-0.1, -0.05) is 39.0 Å². The van der Waals surface area contributed by atoms with Gasteiger partial charge in [0.15, 0.2) is 0 Å². The van der Waals surface area contributed by atoms with E-state index in [1.807, 2.05) is 20.0 Å². The Morgan fingerprint density at radius 3 is 2.73 bits per heavy atom. The monoisotopic (exact) mass is 206 g/mol. The van der Waals surface area contributed by atoms with Crippen LogP contribution in [0.3, 0.4) is 0 Å². The molecule has 0 spiro atoms. The molecule has 0 aliphatic carbocycles. The second kappa shape index (κ2) is 8.04. The predicted octanol–water partition coefficient (Wildman–Crippen LogP) is 3.98. The Labute approximate surface area is 93.1 Å². The molecule has 0 unspecified atom stereocenters. The maximum atomic E-state index is 3.97. The van der Waals surface area contributed by atoms with E-state index < -0.39 is 0 Å². The molecular weight excluding hydrogens is 184 g/mol. The Morgan fingerprint density at radius 2 is 2.20 bits per heavy atom. The molecule has 0 atom stereocenters. The standard InChI is InChI=1S/C11H16N2.C2H6/c1-4-9(3)6-7-10-8-12-13-11(10)5-2;1-2/h5-6,8H,2,4,7H2,1,3H3,(H,12,13);1-2H3/b9-6+;. The molecular formula is C13H22N2. The Bertz CT molecular complexity index is 308. The maximum absolute atomic E-state index is 3.97. The number of hydrogen-bond acceptors (Lipinski definition) is 1. The molecule has 0 fully saturated rings. The molecule has 0 saturated carbocycles. The molecule has 0 aliphatic rings. The van der Waals surface area contributed by atoms with Crippen LogP contribution in [0.2, 0.25) is 0 Å². The highest BCUT2D eigenvalue weighted by molar-refractivity contribution is 5.46. The van der Waals surface area contributed by atoms with Crippen molar-refractivity contribution >= 4 is 6.08 Å². The van der Waals surface area contributed by atoms with Gasteiger partial charge in [0.25, 0.3) is 0 Å². The summed E-state index contributed by atoms with van der Waals surface area (Å²) in [5.41, 5.74) is 3.65. The predicted molar refractivity (Wildman–Crippen MR) is 67.8 cm³/mol. The van der Waals surface area contributed by atoms with Crippen molar-refractivity contribution < 1.29 is 0 Å². The number of nitrogens with one attached hydrogen (secondary N) is 1. The van der Waals surface area contributed by atoms with E-state index in [4.69, 9.17) is 0 Å². The highest BCUT2D eigenvalue weighted by Crippen LogP contribution is 2.09. The highest BCUT2D eigenvalue weighted by Gasteiger charge is 1.98. The first-order valence-electron chi connectivity index (χ1n) is 5.58. The normalized spacial score (nSPS) is 10.5. The summed E-state index contributed by atoms with van der Waals surface area (Å²) in [6.45, 7) is 12.0. The second-order valence-electron chi connectivity index (χ2n) is 3.12. The lowest BCUT2D eigenvalue weighted by Crippen LogP contribution is -1.83. The van der Waals surface area contributed by atoms with Crippen LogP contribution in [0, 0.1) is 0 Å². The summed E-state index contributed by atoms with van der Waals surface area (Å²) in [7, 11) is 0. The number of allylic oxidation sites excluding steroid dienone is 2. The van der Waals surface area contributed by atoms with E-state index in [9.17, 15) is 0 Å². The quantitative estimate of drug-likeness (QED) is 0.742. The van der Waals surface area contributed by atoms with Gasteiger partial charge in [0.05, 0.1) is 11.9 Å². The Hall–Kier alpha value is -1.31. The summed E-state index contributed by atoms with van der Waals surface area (Å²) in [4.78, 5) is 0. The van der Waals surface area contributed by atoms with Crippen molar-refractivity contribution in [3.63, 3.8) is 0 Å². The van der Waals surface area contributed by atoms with Gasteiger partial charge in [-0.3, -0.25) is 5.10 Å². The van der Waals surface area contributed by atoms with Crippen molar-refractivity contribution in [3.8, 4) is 0 Å². The molecule has 15 heavy (non-hydrogen) atoms. The molecule has 1 aromatic rings. The van der Waals surface area contributed by atoms with E-state index in [1.165, 1.54) is 11.1 Å². The SMILES string of the molecule is C=Cc1[nH]ncc1C/C=C(\C)CC.CC. The topological polar surface area (TPSA) is 28.7 Å². The van der Waals surface area contributed by atoms with Crippen molar-refractivity contribution in [2.24, 2.45) is 0 Å². The number of rotatable bonds is 4. The third-order valence-corrected chi connectivity index (χ3v) is 2.18. The minimum absolute atomic E-state index is 0.942. The number of aromatic nitrogens is 2.